The van der Waals surface area contributed by atoms with Crippen LogP contribution in [0.25, 0.3) is 10.8 Å². The maximum absolute atomic E-state index is 12.2. The Kier molecular flexibility index (Phi) is 4.84. The summed E-state index contributed by atoms with van der Waals surface area (Å²) in [5.74, 6) is 0.0433. The van der Waals surface area contributed by atoms with Crippen LogP contribution < -0.4 is 9.47 Å². The number of ether oxygens (including phenoxy) is 2. The van der Waals surface area contributed by atoms with Crippen LogP contribution in [0.15, 0.2) is 60.7 Å². The van der Waals surface area contributed by atoms with Gasteiger partial charge in [-0.2, -0.15) is 0 Å². The molecule has 0 heterocycles. The number of Topliss-reactive ketones (excluding diaryl/α,β-unsaturated/α-hetero) is 1. The molecular weight excluding hydrogens is 345 g/mol. The van der Waals surface area contributed by atoms with E-state index in [1.807, 2.05) is 30.3 Å². The number of benzene rings is 3. The number of rotatable bonds is 5. The van der Waals surface area contributed by atoms with Crippen LogP contribution in [0.2, 0.25) is 0 Å². The molecule has 0 aliphatic heterocycles. The number of carbonyl (C=O) groups is 1. The van der Waals surface area contributed by atoms with Gasteiger partial charge >= 0.3 is 6.36 Å². The molecule has 0 amide bonds. The zero-order valence-electron chi connectivity index (χ0n) is 13.8. The minimum Gasteiger partial charge on any atom is -0.487 e. The second-order valence-electron chi connectivity index (χ2n) is 5.70. The molecule has 26 heavy (non-hydrogen) atoms. The molecule has 0 unspecified atom stereocenters. The van der Waals surface area contributed by atoms with E-state index in [1.165, 1.54) is 31.2 Å². The first kappa shape index (κ1) is 17.8. The van der Waals surface area contributed by atoms with Gasteiger partial charge < -0.3 is 9.47 Å². The molecular formula is C20H15F3O3. The molecule has 3 nitrogen and oxygen atoms in total. The van der Waals surface area contributed by atoms with Crippen molar-refractivity contribution in [3.8, 4) is 11.5 Å². The minimum absolute atomic E-state index is 0.112. The average molecular weight is 360 g/mol. The molecule has 0 fully saturated rings. The number of alkyl halides is 3. The van der Waals surface area contributed by atoms with Gasteiger partial charge in [-0.05, 0) is 36.1 Å². The van der Waals surface area contributed by atoms with Crippen molar-refractivity contribution in [3.63, 3.8) is 0 Å². The molecule has 134 valence electrons. The van der Waals surface area contributed by atoms with E-state index in [0.717, 1.165) is 10.8 Å². The number of hydrogen-bond donors (Lipinski definition) is 0. The van der Waals surface area contributed by atoms with E-state index in [-0.39, 0.29) is 18.1 Å². The van der Waals surface area contributed by atoms with E-state index in [4.69, 9.17) is 4.74 Å². The number of ketones is 1. The van der Waals surface area contributed by atoms with Crippen molar-refractivity contribution in [2.75, 3.05) is 0 Å². The van der Waals surface area contributed by atoms with E-state index in [1.54, 1.807) is 6.07 Å². The third-order valence-corrected chi connectivity index (χ3v) is 3.80. The van der Waals surface area contributed by atoms with Crippen molar-refractivity contribution < 1.29 is 27.4 Å². The van der Waals surface area contributed by atoms with Gasteiger partial charge in [0.1, 0.15) is 18.1 Å². The average Bonchev–Trinajstić information content (AvgIpc) is 2.59. The molecule has 6 heteroatoms. The van der Waals surface area contributed by atoms with Crippen molar-refractivity contribution >= 4 is 16.6 Å². The van der Waals surface area contributed by atoms with Crippen molar-refractivity contribution in [2.45, 2.75) is 19.9 Å². The highest BCUT2D eigenvalue weighted by atomic mass is 19.4. The van der Waals surface area contributed by atoms with Crippen LogP contribution in [0.5, 0.6) is 11.5 Å². The first-order valence-corrected chi connectivity index (χ1v) is 7.84. The number of halogens is 3. The van der Waals surface area contributed by atoms with Gasteiger partial charge in [0.05, 0.1) is 5.56 Å². The van der Waals surface area contributed by atoms with Gasteiger partial charge in [-0.15, -0.1) is 13.2 Å². The molecule has 0 saturated heterocycles. The summed E-state index contributed by atoms with van der Waals surface area (Å²) in [6.07, 6.45) is -4.72. The van der Waals surface area contributed by atoms with Gasteiger partial charge in [-0.1, -0.05) is 42.5 Å². The highest BCUT2D eigenvalue weighted by Crippen LogP contribution is 2.31. The van der Waals surface area contributed by atoms with Crippen LogP contribution in [0.3, 0.4) is 0 Å². The van der Waals surface area contributed by atoms with Crippen LogP contribution in [0.1, 0.15) is 22.8 Å². The lowest BCUT2D eigenvalue weighted by Crippen LogP contribution is -2.17. The lowest BCUT2D eigenvalue weighted by molar-refractivity contribution is -0.274. The zero-order valence-corrected chi connectivity index (χ0v) is 13.8. The summed E-state index contributed by atoms with van der Waals surface area (Å²) < 4.78 is 46.3. The fraction of sp³-hybridized carbons (Fsp3) is 0.150. The summed E-state index contributed by atoms with van der Waals surface area (Å²) in [7, 11) is 0. The predicted octanol–water partition coefficient (Wildman–Crippen LogP) is 5.52. The lowest BCUT2D eigenvalue weighted by Gasteiger charge is -2.14. The molecule has 3 rings (SSSR count). The SMILES string of the molecule is CC(=O)c1ccc2ccccc2c1OCc1ccc(OC(F)(F)F)cc1. The summed E-state index contributed by atoms with van der Waals surface area (Å²) in [5, 5.41) is 1.73. The summed E-state index contributed by atoms with van der Waals surface area (Å²) >= 11 is 0. The molecule has 0 aliphatic rings. The van der Waals surface area contributed by atoms with Gasteiger partial charge in [-0.3, -0.25) is 4.79 Å². The predicted molar refractivity (Wildman–Crippen MR) is 91.4 cm³/mol. The molecule has 3 aromatic carbocycles. The quantitative estimate of drug-likeness (QED) is 0.562. The fourth-order valence-electron chi connectivity index (χ4n) is 2.62. The standard InChI is InChI=1S/C20H15F3O3/c1-13(24)17-11-8-15-4-2-3-5-18(15)19(17)25-12-14-6-9-16(10-7-14)26-20(21,22)23/h2-11H,12H2,1H3. The maximum atomic E-state index is 12.2. The molecule has 0 atom stereocenters. The molecule has 0 aliphatic carbocycles. The third kappa shape index (κ3) is 4.14. The van der Waals surface area contributed by atoms with Crippen LogP contribution in [-0.4, -0.2) is 12.1 Å². The molecule has 0 spiro atoms. The summed E-state index contributed by atoms with van der Waals surface area (Å²) in [6, 6.07) is 16.5. The third-order valence-electron chi connectivity index (χ3n) is 3.80. The van der Waals surface area contributed by atoms with E-state index in [9.17, 15) is 18.0 Å². The zero-order chi connectivity index (χ0) is 18.7. The summed E-state index contributed by atoms with van der Waals surface area (Å²) in [6.45, 7) is 1.57. The summed E-state index contributed by atoms with van der Waals surface area (Å²) in [4.78, 5) is 11.9. The second-order valence-corrected chi connectivity index (χ2v) is 5.70. The lowest BCUT2D eigenvalue weighted by atomic mass is 10.0. The smallest absolute Gasteiger partial charge is 0.487 e. The van der Waals surface area contributed by atoms with Crippen molar-refractivity contribution in [2.24, 2.45) is 0 Å². The van der Waals surface area contributed by atoms with Crippen molar-refractivity contribution in [1.29, 1.82) is 0 Å². The van der Waals surface area contributed by atoms with E-state index in [2.05, 4.69) is 4.74 Å². The fourth-order valence-corrected chi connectivity index (χ4v) is 2.62. The highest BCUT2D eigenvalue weighted by Gasteiger charge is 2.30. The van der Waals surface area contributed by atoms with E-state index >= 15 is 0 Å². The molecule has 0 saturated carbocycles. The van der Waals surface area contributed by atoms with Gasteiger partial charge in [-0.25, -0.2) is 0 Å². The monoisotopic (exact) mass is 360 g/mol. The molecule has 0 aromatic heterocycles. The van der Waals surface area contributed by atoms with E-state index in [0.29, 0.717) is 16.9 Å². The van der Waals surface area contributed by atoms with Crippen LogP contribution in [0.4, 0.5) is 13.2 Å². The maximum Gasteiger partial charge on any atom is 0.573 e. The van der Waals surface area contributed by atoms with Crippen molar-refractivity contribution in [1.82, 2.24) is 0 Å². The topological polar surface area (TPSA) is 35.5 Å². The highest BCUT2D eigenvalue weighted by molar-refractivity contribution is 6.03. The normalized spacial score (nSPS) is 11.4. The molecule has 3 aromatic rings. The van der Waals surface area contributed by atoms with Crippen LogP contribution in [0, 0.1) is 0 Å². The first-order valence-electron chi connectivity index (χ1n) is 7.84. The Morgan fingerprint density at radius 3 is 2.31 bits per heavy atom. The largest absolute Gasteiger partial charge is 0.573 e. The Morgan fingerprint density at radius 1 is 0.962 bits per heavy atom. The van der Waals surface area contributed by atoms with Gasteiger partial charge in [0, 0.05) is 5.39 Å². The summed E-state index contributed by atoms with van der Waals surface area (Å²) in [5.41, 5.74) is 1.11. The van der Waals surface area contributed by atoms with Gasteiger partial charge in [0.25, 0.3) is 0 Å². The van der Waals surface area contributed by atoms with Crippen LogP contribution in [-0.2, 0) is 6.61 Å². The van der Waals surface area contributed by atoms with Gasteiger partial charge in [0.15, 0.2) is 5.78 Å². The second kappa shape index (κ2) is 7.07. The van der Waals surface area contributed by atoms with Crippen LogP contribution >= 0.6 is 0 Å². The van der Waals surface area contributed by atoms with E-state index < -0.39 is 6.36 Å². The Bertz CT molecular complexity index is 931. The first-order chi connectivity index (χ1) is 12.3. The molecule has 0 N–H and O–H groups in total. The Labute approximate surface area is 148 Å². The number of carbonyl (C=O) groups excluding carboxylic acids is 1. The Balaban J connectivity index is 1.83. The Hall–Kier alpha value is -3.02. The minimum atomic E-state index is -4.72. The number of fused-ring (bicyclic) bond motifs is 1. The number of hydrogen-bond acceptors (Lipinski definition) is 3. The van der Waals surface area contributed by atoms with Gasteiger partial charge in [0.2, 0.25) is 0 Å². The molecule has 0 bridgehead atoms. The van der Waals surface area contributed by atoms with Crippen molar-refractivity contribution in [3.05, 3.63) is 71.8 Å². The molecule has 0 radical (unpaired) electrons. The Morgan fingerprint density at radius 2 is 1.65 bits per heavy atom.